The highest BCUT2D eigenvalue weighted by molar-refractivity contribution is 5.79. The number of nitrogens with zero attached hydrogens (tertiary/aromatic N) is 4. The number of aryl methyl sites for hydroxylation is 1. The number of carbonyl (C=O) groups is 1. The number of amides is 1. The lowest BCUT2D eigenvalue weighted by Crippen LogP contribution is -2.43. The number of likely N-dealkylation sites (tertiary alicyclic amines) is 2. The van der Waals surface area contributed by atoms with Gasteiger partial charge in [-0.1, -0.05) is 6.42 Å². The van der Waals surface area contributed by atoms with Crippen molar-refractivity contribution in [1.82, 2.24) is 19.8 Å². The van der Waals surface area contributed by atoms with Crippen LogP contribution < -0.4 is 0 Å². The minimum absolute atomic E-state index is 0.133. The third-order valence-electron chi connectivity index (χ3n) is 5.81. The van der Waals surface area contributed by atoms with Crippen molar-refractivity contribution in [3.63, 3.8) is 0 Å². The third-order valence-corrected chi connectivity index (χ3v) is 5.81. The number of hydrogen-bond donors (Lipinski definition) is 0. The van der Waals surface area contributed by atoms with Gasteiger partial charge in [-0.25, -0.2) is 9.97 Å². The van der Waals surface area contributed by atoms with Crippen molar-refractivity contribution in [3.8, 4) is 0 Å². The van der Waals surface area contributed by atoms with Gasteiger partial charge in [-0.3, -0.25) is 9.69 Å². The predicted octanol–water partition coefficient (Wildman–Crippen LogP) is 1.67. The van der Waals surface area contributed by atoms with Gasteiger partial charge < -0.3 is 4.90 Å². The summed E-state index contributed by atoms with van der Waals surface area (Å²) in [6.07, 6.45) is 11.3. The molecule has 0 saturated carbocycles. The fourth-order valence-electron chi connectivity index (χ4n) is 4.45. The van der Waals surface area contributed by atoms with E-state index < -0.39 is 0 Å². The monoisotopic (exact) mass is 314 g/mol. The summed E-state index contributed by atoms with van der Waals surface area (Å²) in [5.74, 6) is 0.493. The molecule has 4 rings (SSSR count). The summed E-state index contributed by atoms with van der Waals surface area (Å²) in [6, 6.07) is 0.596. The van der Waals surface area contributed by atoms with E-state index in [-0.39, 0.29) is 5.92 Å². The van der Waals surface area contributed by atoms with Gasteiger partial charge in [-0.2, -0.15) is 0 Å². The van der Waals surface area contributed by atoms with E-state index in [1.165, 1.54) is 37.9 Å². The maximum Gasteiger partial charge on any atom is 0.226 e. The SMILES string of the molecule is O=C(C1CCc2ncncc2C1)N1CCC(N2CCCCC2)C1. The molecule has 23 heavy (non-hydrogen) atoms. The van der Waals surface area contributed by atoms with Crippen molar-refractivity contribution in [3.05, 3.63) is 23.8 Å². The van der Waals surface area contributed by atoms with Crippen LogP contribution in [0, 0.1) is 5.92 Å². The summed E-state index contributed by atoms with van der Waals surface area (Å²) in [6.45, 7) is 4.32. The predicted molar refractivity (Wildman–Crippen MR) is 88.0 cm³/mol. The molecule has 0 N–H and O–H groups in total. The molecule has 124 valence electrons. The van der Waals surface area contributed by atoms with Crippen LogP contribution in [0.1, 0.15) is 43.4 Å². The normalized spacial score (nSPS) is 28.6. The van der Waals surface area contributed by atoms with E-state index >= 15 is 0 Å². The Labute approximate surface area is 138 Å². The third kappa shape index (κ3) is 3.11. The summed E-state index contributed by atoms with van der Waals surface area (Å²) in [5, 5.41) is 0. The summed E-state index contributed by atoms with van der Waals surface area (Å²) in [5.41, 5.74) is 2.31. The quantitative estimate of drug-likeness (QED) is 0.833. The van der Waals surface area contributed by atoms with Crippen molar-refractivity contribution in [1.29, 1.82) is 0 Å². The Hall–Kier alpha value is -1.49. The second-order valence-electron chi connectivity index (χ2n) is 7.26. The van der Waals surface area contributed by atoms with Gasteiger partial charge in [0.25, 0.3) is 0 Å². The molecule has 0 spiro atoms. The van der Waals surface area contributed by atoms with Crippen molar-refractivity contribution in [2.45, 2.75) is 51.0 Å². The molecule has 1 aliphatic carbocycles. The number of fused-ring (bicyclic) bond motifs is 1. The van der Waals surface area contributed by atoms with Gasteiger partial charge in [-0.15, -0.1) is 0 Å². The standard InChI is InChI=1S/C18H26N4O/c23-18(14-4-5-17-15(10-14)11-19-13-20-17)22-9-6-16(12-22)21-7-2-1-3-8-21/h11,13-14,16H,1-10,12H2. The molecule has 0 bridgehead atoms. The highest BCUT2D eigenvalue weighted by Crippen LogP contribution is 2.27. The van der Waals surface area contributed by atoms with Gasteiger partial charge in [0.2, 0.25) is 5.91 Å². The van der Waals surface area contributed by atoms with E-state index in [1.807, 2.05) is 6.20 Å². The van der Waals surface area contributed by atoms with Crippen molar-refractivity contribution in [2.75, 3.05) is 26.2 Å². The lowest BCUT2D eigenvalue weighted by atomic mass is 9.86. The molecule has 2 atom stereocenters. The van der Waals surface area contributed by atoms with Gasteiger partial charge in [0.15, 0.2) is 0 Å². The number of carbonyl (C=O) groups excluding carboxylic acids is 1. The van der Waals surface area contributed by atoms with E-state index in [4.69, 9.17) is 0 Å². The summed E-state index contributed by atoms with van der Waals surface area (Å²) in [7, 11) is 0. The zero-order valence-corrected chi connectivity index (χ0v) is 13.8. The Kier molecular flexibility index (Phi) is 4.29. The Bertz CT molecular complexity index is 570. The molecular weight excluding hydrogens is 288 g/mol. The average molecular weight is 314 g/mol. The van der Waals surface area contributed by atoms with Crippen LogP contribution in [0.25, 0.3) is 0 Å². The van der Waals surface area contributed by atoms with Crippen molar-refractivity contribution in [2.24, 2.45) is 5.92 Å². The molecule has 5 heteroatoms. The largest absolute Gasteiger partial charge is 0.341 e. The lowest BCUT2D eigenvalue weighted by Gasteiger charge is -2.32. The van der Waals surface area contributed by atoms with E-state index in [0.29, 0.717) is 11.9 Å². The Balaban J connectivity index is 1.37. The highest BCUT2D eigenvalue weighted by atomic mass is 16.2. The molecule has 1 amide bonds. The topological polar surface area (TPSA) is 49.3 Å². The molecule has 2 fully saturated rings. The second kappa shape index (κ2) is 6.56. The summed E-state index contributed by atoms with van der Waals surface area (Å²) in [4.78, 5) is 26.1. The van der Waals surface area contributed by atoms with Crippen LogP contribution >= 0.6 is 0 Å². The van der Waals surface area contributed by atoms with Crippen LogP contribution in [0.2, 0.25) is 0 Å². The number of hydrogen-bond acceptors (Lipinski definition) is 4. The van der Waals surface area contributed by atoms with Gasteiger partial charge in [0.05, 0.1) is 0 Å². The first kappa shape index (κ1) is 15.1. The number of rotatable bonds is 2. The Morgan fingerprint density at radius 2 is 2.00 bits per heavy atom. The first-order chi connectivity index (χ1) is 11.3. The minimum atomic E-state index is 0.133. The zero-order valence-electron chi connectivity index (χ0n) is 13.8. The first-order valence-electron chi connectivity index (χ1n) is 9.12. The Morgan fingerprint density at radius 3 is 2.87 bits per heavy atom. The molecule has 3 aliphatic rings. The maximum atomic E-state index is 12.9. The van der Waals surface area contributed by atoms with Gasteiger partial charge >= 0.3 is 0 Å². The fraction of sp³-hybridized carbons (Fsp3) is 0.722. The molecule has 5 nitrogen and oxygen atoms in total. The van der Waals surface area contributed by atoms with Gasteiger partial charge in [0, 0.05) is 36.9 Å². The van der Waals surface area contributed by atoms with Crippen LogP contribution in [0.5, 0.6) is 0 Å². The molecule has 0 aromatic carbocycles. The van der Waals surface area contributed by atoms with E-state index in [2.05, 4.69) is 19.8 Å². The molecule has 1 aromatic rings. The summed E-state index contributed by atoms with van der Waals surface area (Å²) < 4.78 is 0. The van der Waals surface area contributed by atoms with Crippen LogP contribution in [-0.2, 0) is 17.6 Å². The molecule has 2 unspecified atom stereocenters. The zero-order chi connectivity index (χ0) is 15.6. The van der Waals surface area contributed by atoms with E-state index in [1.54, 1.807) is 6.33 Å². The van der Waals surface area contributed by atoms with E-state index in [9.17, 15) is 4.79 Å². The smallest absolute Gasteiger partial charge is 0.226 e. The lowest BCUT2D eigenvalue weighted by molar-refractivity contribution is -0.135. The molecule has 3 heterocycles. The molecular formula is C18H26N4O. The van der Waals surface area contributed by atoms with Crippen LogP contribution in [0.3, 0.4) is 0 Å². The molecule has 2 saturated heterocycles. The maximum absolute atomic E-state index is 12.9. The van der Waals surface area contributed by atoms with Gasteiger partial charge in [-0.05, 0) is 57.2 Å². The Morgan fingerprint density at radius 1 is 1.13 bits per heavy atom. The van der Waals surface area contributed by atoms with Crippen LogP contribution in [-0.4, -0.2) is 57.9 Å². The number of piperidine rings is 1. The molecule has 0 radical (unpaired) electrons. The highest BCUT2D eigenvalue weighted by Gasteiger charge is 2.35. The molecule has 2 aliphatic heterocycles. The fourth-order valence-corrected chi connectivity index (χ4v) is 4.45. The van der Waals surface area contributed by atoms with Crippen molar-refractivity contribution >= 4 is 5.91 Å². The van der Waals surface area contributed by atoms with Crippen LogP contribution in [0.15, 0.2) is 12.5 Å². The van der Waals surface area contributed by atoms with Crippen molar-refractivity contribution < 1.29 is 4.79 Å². The van der Waals surface area contributed by atoms with Gasteiger partial charge in [0.1, 0.15) is 6.33 Å². The first-order valence-corrected chi connectivity index (χ1v) is 9.12. The van der Waals surface area contributed by atoms with E-state index in [0.717, 1.165) is 44.5 Å². The average Bonchev–Trinajstić information content (AvgIpc) is 3.11. The number of aromatic nitrogens is 2. The summed E-state index contributed by atoms with van der Waals surface area (Å²) >= 11 is 0. The minimum Gasteiger partial charge on any atom is -0.341 e. The van der Waals surface area contributed by atoms with Crippen LogP contribution in [0.4, 0.5) is 0 Å². The molecule has 1 aromatic heterocycles. The second-order valence-corrected chi connectivity index (χ2v) is 7.26.